The number of hydrogen-bond acceptors (Lipinski definition) is 7. The molecule has 8 heteroatoms. The van der Waals surface area contributed by atoms with Crippen molar-refractivity contribution in [1.29, 1.82) is 5.26 Å². The Kier molecular flexibility index (Phi) is 2.38. The van der Waals surface area contributed by atoms with Crippen LogP contribution >= 0.6 is 11.3 Å². The van der Waals surface area contributed by atoms with Crippen LogP contribution in [0.25, 0.3) is 0 Å². The van der Waals surface area contributed by atoms with E-state index in [2.05, 4.69) is 25.2 Å². The standard InChI is InChI=1S/C7H5N7S/c8-3-4-5(9)12-7(15-4)14-13-6-10-1-2-11-6/h1-2H,9H2,(H,10,11)/b14-13+. The zero-order valence-electron chi connectivity index (χ0n) is 7.38. The molecule has 0 atom stereocenters. The highest BCUT2D eigenvalue weighted by atomic mass is 32.1. The molecule has 15 heavy (non-hydrogen) atoms. The fraction of sp³-hybridized carbons (Fsp3) is 0. The molecule has 0 bridgehead atoms. The van der Waals surface area contributed by atoms with Crippen molar-refractivity contribution in [2.75, 3.05) is 5.73 Å². The Bertz CT molecular complexity index is 518. The van der Waals surface area contributed by atoms with Crippen molar-refractivity contribution in [3.63, 3.8) is 0 Å². The van der Waals surface area contributed by atoms with Gasteiger partial charge in [-0.3, -0.25) is 0 Å². The number of aromatic amines is 1. The third-order valence-electron chi connectivity index (χ3n) is 1.46. The number of nitrogens with two attached hydrogens (primary N) is 1. The Labute approximate surface area is 88.3 Å². The fourth-order valence-electron chi connectivity index (χ4n) is 0.845. The van der Waals surface area contributed by atoms with E-state index in [1.165, 1.54) is 0 Å². The number of H-pyrrole nitrogens is 1. The predicted octanol–water partition coefficient (Wildman–Crippen LogP) is 1.74. The van der Waals surface area contributed by atoms with Crippen molar-refractivity contribution in [3.05, 3.63) is 17.3 Å². The number of rotatable bonds is 2. The van der Waals surface area contributed by atoms with E-state index in [1.54, 1.807) is 12.4 Å². The Balaban J connectivity index is 2.22. The van der Waals surface area contributed by atoms with Crippen LogP contribution in [-0.4, -0.2) is 15.0 Å². The smallest absolute Gasteiger partial charge is 0.246 e. The molecule has 2 aromatic heterocycles. The van der Waals surface area contributed by atoms with E-state index in [4.69, 9.17) is 11.0 Å². The van der Waals surface area contributed by atoms with Gasteiger partial charge in [0, 0.05) is 12.4 Å². The zero-order valence-corrected chi connectivity index (χ0v) is 8.19. The minimum atomic E-state index is 0.177. The summed E-state index contributed by atoms with van der Waals surface area (Å²) in [6.45, 7) is 0. The maximum Gasteiger partial charge on any atom is 0.246 e. The van der Waals surface area contributed by atoms with Crippen molar-refractivity contribution >= 4 is 28.2 Å². The molecule has 0 aliphatic carbocycles. The summed E-state index contributed by atoms with van der Waals surface area (Å²) in [5.74, 6) is 0.554. The number of nitrogen functional groups attached to an aromatic ring is 1. The first-order valence-corrected chi connectivity index (χ1v) is 4.69. The van der Waals surface area contributed by atoms with Gasteiger partial charge in [0.05, 0.1) is 0 Å². The molecule has 0 saturated carbocycles. The van der Waals surface area contributed by atoms with Crippen LogP contribution in [0.2, 0.25) is 0 Å². The Morgan fingerprint density at radius 2 is 2.40 bits per heavy atom. The van der Waals surface area contributed by atoms with Gasteiger partial charge in [0.25, 0.3) is 0 Å². The maximum atomic E-state index is 8.63. The molecule has 2 aromatic rings. The number of nitriles is 1. The van der Waals surface area contributed by atoms with Gasteiger partial charge in [0.1, 0.15) is 6.07 Å². The van der Waals surface area contributed by atoms with Gasteiger partial charge >= 0.3 is 0 Å². The van der Waals surface area contributed by atoms with Gasteiger partial charge in [-0.2, -0.15) is 10.2 Å². The number of azo groups is 1. The highest BCUT2D eigenvalue weighted by molar-refractivity contribution is 7.16. The van der Waals surface area contributed by atoms with Gasteiger partial charge < -0.3 is 10.7 Å². The zero-order chi connectivity index (χ0) is 10.7. The number of hydrogen-bond donors (Lipinski definition) is 2. The summed E-state index contributed by atoms with van der Waals surface area (Å²) in [5, 5.41) is 16.5. The van der Waals surface area contributed by atoms with Crippen molar-refractivity contribution in [2.24, 2.45) is 10.2 Å². The van der Waals surface area contributed by atoms with E-state index in [0.717, 1.165) is 11.3 Å². The Morgan fingerprint density at radius 1 is 1.53 bits per heavy atom. The van der Waals surface area contributed by atoms with Gasteiger partial charge in [0.2, 0.25) is 11.1 Å². The quantitative estimate of drug-likeness (QED) is 0.748. The predicted molar refractivity (Wildman–Crippen MR) is 54.0 cm³/mol. The summed E-state index contributed by atoms with van der Waals surface area (Å²) in [5.41, 5.74) is 5.45. The molecule has 0 aliphatic heterocycles. The largest absolute Gasteiger partial charge is 0.382 e. The Morgan fingerprint density at radius 3 is 3.00 bits per heavy atom. The molecule has 2 rings (SSSR count). The van der Waals surface area contributed by atoms with Gasteiger partial charge in [-0.15, -0.1) is 10.2 Å². The molecular formula is C7H5N7S. The van der Waals surface area contributed by atoms with Crippen LogP contribution in [-0.2, 0) is 0 Å². The Hall–Kier alpha value is -2.27. The molecule has 0 spiro atoms. The van der Waals surface area contributed by atoms with Crippen LogP contribution in [0, 0.1) is 11.3 Å². The SMILES string of the molecule is N#Cc1sc(/N=N/c2ncc[nH]2)nc1N. The molecule has 0 fully saturated rings. The van der Waals surface area contributed by atoms with Crippen LogP contribution < -0.4 is 5.73 Å². The molecule has 0 amide bonds. The van der Waals surface area contributed by atoms with Crippen LogP contribution in [0.5, 0.6) is 0 Å². The number of thiazole rings is 1. The van der Waals surface area contributed by atoms with Crippen molar-refractivity contribution < 1.29 is 0 Å². The van der Waals surface area contributed by atoms with E-state index >= 15 is 0 Å². The average molecular weight is 219 g/mol. The number of nitrogens with zero attached hydrogens (tertiary/aromatic N) is 5. The van der Waals surface area contributed by atoms with Gasteiger partial charge in [-0.25, -0.2) is 4.98 Å². The first kappa shape index (κ1) is 9.29. The highest BCUT2D eigenvalue weighted by Gasteiger charge is 2.06. The molecule has 0 aromatic carbocycles. The van der Waals surface area contributed by atoms with Crippen molar-refractivity contribution in [2.45, 2.75) is 0 Å². The number of nitrogens with one attached hydrogen (secondary N) is 1. The van der Waals surface area contributed by atoms with E-state index in [0.29, 0.717) is 16.0 Å². The van der Waals surface area contributed by atoms with Crippen LogP contribution in [0.15, 0.2) is 22.6 Å². The van der Waals surface area contributed by atoms with Crippen LogP contribution in [0.1, 0.15) is 4.88 Å². The van der Waals surface area contributed by atoms with E-state index in [9.17, 15) is 0 Å². The summed E-state index contributed by atoms with van der Waals surface area (Å²) in [4.78, 5) is 10.8. The molecule has 7 nitrogen and oxygen atoms in total. The molecule has 0 aliphatic rings. The lowest BCUT2D eigenvalue weighted by molar-refractivity contribution is 1.11. The average Bonchev–Trinajstić information content (AvgIpc) is 2.83. The lowest BCUT2D eigenvalue weighted by Crippen LogP contribution is -1.85. The molecular weight excluding hydrogens is 214 g/mol. The molecule has 74 valence electrons. The summed E-state index contributed by atoms with van der Waals surface area (Å²) >= 11 is 1.08. The topological polar surface area (TPSA) is 116 Å². The summed E-state index contributed by atoms with van der Waals surface area (Å²) < 4.78 is 0. The highest BCUT2D eigenvalue weighted by Crippen LogP contribution is 2.27. The molecule has 0 saturated heterocycles. The van der Waals surface area contributed by atoms with Gasteiger partial charge in [-0.1, -0.05) is 11.3 Å². The first-order valence-electron chi connectivity index (χ1n) is 3.87. The van der Waals surface area contributed by atoms with Gasteiger partial charge in [-0.05, 0) is 0 Å². The number of anilines is 1. The minimum Gasteiger partial charge on any atom is -0.382 e. The summed E-state index contributed by atoms with van der Waals surface area (Å²) in [6, 6.07) is 1.91. The third kappa shape index (κ3) is 1.97. The molecule has 2 heterocycles. The maximum absolute atomic E-state index is 8.63. The molecule has 3 N–H and O–H groups in total. The number of imidazole rings is 1. The minimum absolute atomic E-state index is 0.177. The van der Waals surface area contributed by atoms with E-state index in [1.807, 2.05) is 6.07 Å². The molecule has 0 radical (unpaired) electrons. The summed E-state index contributed by atoms with van der Waals surface area (Å²) in [7, 11) is 0. The molecule has 0 unspecified atom stereocenters. The lowest BCUT2D eigenvalue weighted by Gasteiger charge is -1.80. The van der Waals surface area contributed by atoms with Crippen LogP contribution in [0.3, 0.4) is 0 Å². The number of aromatic nitrogens is 3. The lowest BCUT2D eigenvalue weighted by atomic mass is 10.5. The monoisotopic (exact) mass is 219 g/mol. The normalized spacial score (nSPS) is 10.6. The van der Waals surface area contributed by atoms with E-state index in [-0.39, 0.29) is 5.82 Å². The van der Waals surface area contributed by atoms with Crippen LogP contribution in [0.4, 0.5) is 16.9 Å². The second-order valence-electron chi connectivity index (χ2n) is 2.44. The fourth-order valence-corrected chi connectivity index (χ4v) is 1.45. The first-order chi connectivity index (χ1) is 7.29. The third-order valence-corrected chi connectivity index (χ3v) is 2.32. The van der Waals surface area contributed by atoms with Crippen molar-refractivity contribution in [3.8, 4) is 6.07 Å². The van der Waals surface area contributed by atoms with Gasteiger partial charge in [0.15, 0.2) is 10.7 Å². The second-order valence-corrected chi connectivity index (χ2v) is 3.41. The summed E-state index contributed by atoms with van der Waals surface area (Å²) in [6.07, 6.45) is 3.19. The van der Waals surface area contributed by atoms with Crippen molar-refractivity contribution in [1.82, 2.24) is 15.0 Å². The van der Waals surface area contributed by atoms with E-state index < -0.39 is 0 Å². The second kappa shape index (κ2) is 3.85.